The van der Waals surface area contributed by atoms with Crippen LogP contribution < -0.4 is 0 Å². The van der Waals surface area contributed by atoms with Crippen molar-refractivity contribution >= 4 is 49.0 Å². The summed E-state index contributed by atoms with van der Waals surface area (Å²) in [5, 5.41) is 1.29. The Labute approximate surface area is 137 Å². The minimum Gasteiger partial charge on any atom is -0.297 e. The van der Waals surface area contributed by atoms with Gasteiger partial charge in [0.1, 0.15) is 0 Å². The van der Waals surface area contributed by atoms with E-state index in [1.807, 2.05) is 4.90 Å². The van der Waals surface area contributed by atoms with Crippen molar-refractivity contribution in [2.75, 3.05) is 25.4 Å². The Hall–Kier alpha value is -0.0700. The van der Waals surface area contributed by atoms with Gasteiger partial charge in [-0.05, 0) is 30.7 Å². The van der Waals surface area contributed by atoms with E-state index in [2.05, 4.69) is 15.9 Å². The van der Waals surface area contributed by atoms with E-state index in [0.717, 1.165) is 11.0 Å². The highest BCUT2D eigenvalue weighted by Gasteiger charge is 2.20. The molecule has 1 heterocycles. The molecule has 0 fully saturated rings. The quantitative estimate of drug-likeness (QED) is 0.777. The number of hydrogen-bond acceptors (Lipinski definition) is 3. The zero-order chi connectivity index (χ0) is 14.8. The van der Waals surface area contributed by atoms with Gasteiger partial charge >= 0.3 is 0 Å². The molecular weight excluding hydrogens is 385 g/mol. The average molecular weight is 399 g/mol. The standard InChI is InChI=1S/C13H14BrCl2NO2S/c14-10-1-3-11(4-2-10)20(18,19)8-7-17-6-5-12(15)13(16)9-17/h1-4H,5-9H2. The summed E-state index contributed by atoms with van der Waals surface area (Å²) in [5.41, 5.74) is 0. The first-order valence-electron chi connectivity index (χ1n) is 6.12. The number of benzene rings is 1. The Morgan fingerprint density at radius 3 is 2.40 bits per heavy atom. The summed E-state index contributed by atoms with van der Waals surface area (Å²) in [6.45, 7) is 1.72. The van der Waals surface area contributed by atoms with Gasteiger partial charge in [0.2, 0.25) is 0 Å². The van der Waals surface area contributed by atoms with Gasteiger partial charge in [0.25, 0.3) is 0 Å². The van der Waals surface area contributed by atoms with Crippen molar-refractivity contribution in [1.29, 1.82) is 0 Å². The summed E-state index contributed by atoms with van der Waals surface area (Å²) in [6.07, 6.45) is 0.679. The molecule has 1 aliphatic rings. The molecule has 0 aromatic heterocycles. The Kier molecular flexibility index (Phi) is 5.54. The number of rotatable bonds is 4. The van der Waals surface area contributed by atoms with Crippen LogP contribution in [0.15, 0.2) is 43.7 Å². The van der Waals surface area contributed by atoms with Crippen LogP contribution in [0.2, 0.25) is 0 Å². The Morgan fingerprint density at radius 2 is 1.80 bits per heavy atom. The Balaban J connectivity index is 1.98. The maximum atomic E-state index is 12.2. The number of halogens is 3. The van der Waals surface area contributed by atoms with Crippen LogP contribution in [0.1, 0.15) is 6.42 Å². The van der Waals surface area contributed by atoms with E-state index in [9.17, 15) is 8.42 Å². The van der Waals surface area contributed by atoms with Crippen molar-refractivity contribution in [3.63, 3.8) is 0 Å². The largest absolute Gasteiger partial charge is 0.297 e. The van der Waals surface area contributed by atoms with Gasteiger partial charge in [0.15, 0.2) is 9.84 Å². The third-order valence-electron chi connectivity index (χ3n) is 3.15. The van der Waals surface area contributed by atoms with E-state index >= 15 is 0 Å². The summed E-state index contributed by atoms with van der Waals surface area (Å²) in [6, 6.07) is 6.68. The predicted molar refractivity (Wildman–Crippen MR) is 86.0 cm³/mol. The second-order valence-electron chi connectivity index (χ2n) is 4.61. The third kappa shape index (κ3) is 4.21. The number of hydrogen-bond donors (Lipinski definition) is 0. The van der Waals surface area contributed by atoms with Gasteiger partial charge in [0.05, 0.1) is 10.6 Å². The molecule has 0 saturated carbocycles. The molecule has 0 bridgehead atoms. The van der Waals surface area contributed by atoms with Gasteiger partial charge in [-0.1, -0.05) is 39.1 Å². The van der Waals surface area contributed by atoms with Crippen LogP contribution in [-0.4, -0.2) is 38.7 Å². The zero-order valence-corrected chi connectivity index (χ0v) is 14.6. The van der Waals surface area contributed by atoms with Crippen LogP contribution in [0.5, 0.6) is 0 Å². The molecule has 2 rings (SSSR count). The molecule has 0 unspecified atom stereocenters. The molecule has 1 aliphatic heterocycles. The molecule has 0 saturated heterocycles. The van der Waals surface area contributed by atoms with Crippen LogP contribution in [0.3, 0.4) is 0 Å². The molecule has 0 aliphatic carbocycles. The Bertz CT molecular complexity index is 614. The molecule has 20 heavy (non-hydrogen) atoms. The van der Waals surface area contributed by atoms with Gasteiger partial charge in [-0.2, -0.15) is 0 Å². The minimum atomic E-state index is -3.26. The molecule has 0 amide bonds. The maximum Gasteiger partial charge on any atom is 0.179 e. The van der Waals surface area contributed by atoms with Crippen molar-refractivity contribution in [2.24, 2.45) is 0 Å². The summed E-state index contributed by atoms with van der Waals surface area (Å²) >= 11 is 15.2. The molecule has 0 atom stereocenters. The average Bonchev–Trinajstić information content (AvgIpc) is 2.41. The molecule has 7 heteroatoms. The molecule has 0 radical (unpaired) electrons. The summed E-state index contributed by atoms with van der Waals surface area (Å²) in [7, 11) is -3.26. The SMILES string of the molecule is O=S(=O)(CCN1CCC(Cl)=C(Cl)C1)c1ccc(Br)cc1. The van der Waals surface area contributed by atoms with Crippen LogP contribution in [0.25, 0.3) is 0 Å². The van der Waals surface area contributed by atoms with E-state index in [-0.39, 0.29) is 5.75 Å². The minimum absolute atomic E-state index is 0.0798. The Morgan fingerprint density at radius 1 is 1.15 bits per heavy atom. The van der Waals surface area contributed by atoms with Gasteiger partial charge < -0.3 is 0 Å². The summed E-state index contributed by atoms with van der Waals surface area (Å²) in [4.78, 5) is 2.35. The van der Waals surface area contributed by atoms with Gasteiger partial charge in [0, 0.05) is 34.2 Å². The highest BCUT2D eigenvalue weighted by Crippen LogP contribution is 2.24. The molecule has 3 nitrogen and oxygen atoms in total. The van der Waals surface area contributed by atoms with E-state index in [1.165, 1.54) is 0 Å². The number of nitrogens with zero attached hydrogens (tertiary/aromatic N) is 1. The lowest BCUT2D eigenvalue weighted by atomic mass is 10.2. The van der Waals surface area contributed by atoms with Gasteiger partial charge in [-0.25, -0.2) is 8.42 Å². The second kappa shape index (κ2) is 6.79. The van der Waals surface area contributed by atoms with Crippen molar-refractivity contribution in [1.82, 2.24) is 4.90 Å². The fraction of sp³-hybridized carbons (Fsp3) is 0.385. The fourth-order valence-electron chi connectivity index (χ4n) is 1.95. The normalized spacial score (nSPS) is 17.6. The monoisotopic (exact) mass is 397 g/mol. The molecular formula is C13H14BrCl2NO2S. The lowest BCUT2D eigenvalue weighted by Crippen LogP contribution is -2.34. The zero-order valence-electron chi connectivity index (χ0n) is 10.7. The van der Waals surface area contributed by atoms with Crippen LogP contribution in [0.4, 0.5) is 0 Å². The summed E-state index contributed by atoms with van der Waals surface area (Å²) in [5.74, 6) is 0.0798. The van der Waals surface area contributed by atoms with E-state index in [1.54, 1.807) is 24.3 Å². The predicted octanol–water partition coefficient (Wildman–Crippen LogP) is 3.62. The van der Waals surface area contributed by atoms with Crippen LogP contribution in [-0.2, 0) is 9.84 Å². The first-order valence-corrected chi connectivity index (χ1v) is 9.32. The van der Waals surface area contributed by atoms with Crippen LogP contribution >= 0.6 is 39.1 Å². The van der Waals surface area contributed by atoms with E-state index in [4.69, 9.17) is 23.2 Å². The lowest BCUT2D eigenvalue weighted by molar-refractivity contribution is 0.311. The van der Waals surface area contributed by atoms with Crippen molar-refractivity contribution in [2.45, 2.75) is 11.3 Å². The molecule has 0 N–H and O–H groups in total. The van der Waals surface area contributed by atoms with E-state index < -0.39 is 9.84 Å². The molecule has 0 spiro atoms. The highest BCUT2D eigenvalue weighted by molar-refractivity contribution is 9.10. The molecule has 1 aromatic carbocycles. The first kappa shape index (κ1) is 16.3. The van der Waals surface area contributed by atoms with Gasteiger partial charge in [-0.3, -0.25) is 4.90 Å². The van der Waals surface area contributed by atoms with Gasteiger partial charge in [-0.15, -0.1) is 0 Å². The highest BCUT2D eigenvalue weighted by atomic mass is 79.9. The van der Waals surface area contributed by atoms with Crippen LogP contribution in [0, 0.1) is 0 Å². The third-order valence-corrected chi connectivity index (χ3v) is 6.25. The number of sulfone groups is 1. The molecule has 110 valence electrons. The van der Waals surface area contributed by atoms with Crippen molar-refractivity contribution in [3.05, 3.63) is 38.8 Å². The molecule has 1 aromatic rings. The topological polar surface area (TPSA) is 37.4 Å². The fourth-order valence-corrected chi connectivity index (χ4v) is 3.91. The summed E-state index contributed by atoms with van der Waals surface area (Å²) < 4.78 is 25.3. The van der Waals surface area contributed by atoms with E-state index in [0.29, 0.717) is 34.5 Å². The smallest absolute Gasteiger partial charge is 0.179 e. The first-order chi connectivity index (χ1) is 9.38. The van der Waals surface area contributed by atoms with Crippen molar-refractivity contribution in [3.8, 4) is 0 Å². The van der Waals surface area contributed by atoms with Crippen molar-refractivity contribution < 1.29 is 8.42 Å². The second-order valence-corrected chi connectivity index (χ2v) is 8.55. The lowest BCUT2D eigenvalue weighted by Gasteiger charge is -2.26. The maximum absolute atomic E-state index is 12.2.